The van der Waals surface area contributed by atoms with E-state index in [9.17, 15) is 0 Å². The van der Waals surface area contributed by atoms with Crippen molar-refractivity contribution in [1.29, 1.82) is 0 Å². The second kappa shape index (κ2) is 10.2. The molecule has 0 amide bonds. The van der Waals surface area contributed by atoms with E-state index in [-0.39, 0.29) is 0 Å². The molecule has 7 aromatic carbocycles. The van der Waals surface area contributed by atoms with Gasteiger partial charge in [0.15, 0.2) is 5.58 Å². The van der Waals surface area contributed by atoms with Gasteiger partial charge in [-0.25, -0.2) is 4.98 Å². The van der Waals surface area contributed by atoms with Gasteiger partial charge in [0.1, 0.15) is 16.7 Å². The largest absolute Gasteiger partial charge is 0.456 e. The molecule has 0 bridgehead atoms. The average molecular weight is 579 g/mol. The van der Waals surface area contributed by atoms with Crippen molar-refractivity contribution in [2.75, 3.05) is 4.90 Å². The number of furan rings is 1. The first-order chi connectivity index (χ1) is 22.3. The van der Waals surface area contributed by atoms with E-state index < -0.39 is 0 Å². The Bertz CT molecular complexity index is 2490. The van der Waals surface area contributed by atoms with Crippen molar-refractivity contribution in [2.45, 2.75) is 0 Å². The topological polar surface area (TPSA) is 42.4 Å². The first kappa shape index (κ1) is 25.4. The Morgan fingerprint density at radius 3 is 1.98 bits per heavy atom. The number of aromatic nitrogens is 1. The molecule has 9 rings (SSSR count). The number of hydrogen-bond acceptors (Lipinski definition) is 4. The molecule has 2 heterocycles. The minimum Gasteiger partial charge on any atom is -0.456 e. The van der Waals surface area contributed by atoms with Gasteiger partial charge in [-0.15, -0.1) is 0 Å². The number of hydrogen-bond donors (Lipinski definition) is 0. The highest BCUT2D eigenvalue weighted by Gasteiger charge is 2.24. The molecule has 0 spiro atoms. The highest BCUT2D eigenvalue weighted by atomic mass is 16.3. The Labute approximate surface area is 259 Å². The molecule has 0 atom stereocenters. The molecule has 212 valence electrons. The van der Waals surface area contributed by atoms with Crippen molar-refractivity contribution in [1.82, 2.24) is 4.98 Å². The molecule has 0 radical (unpaired) electrons. The summed E-state index contributed by atoms with van der Waals surface area (Å²) >= 11 is 0. The van der Waals surface area contributed by atoms with Gasteiger partial charge in [-0.2, -0.15) is 0 Å². The van der Waals surface area contributed by atoms with Crippen LogP contribution in [0.2, 0.25) is 0 Å². The Morgan fingerprint density at radius 1 is 0.467 bits per heavy atom. The molecule has 0 N–H and O–H groups in total. The van der Waals surface area contributed by atoms with E-state index in [0.29, 0.717) is 5.89 Å². The average Bonchev–Trinajstić information content (AvgIpc) is 3.72. The summed E-state index contributed by atoms with van der Waals surface area (Å²) in [5.41, 5.74) is 9.45. The molecule has 0 aliphatic rings. The van der Waals surface area contributed by atoms with Crippen LogP contribution in [0.5, 0.6) is 0 Å². The second-order valence-electron chi connectivity index (χ2n) is 11.2. The lowest BCUT2D eigenvalue weighted by Gasteiger charge is -2.28. The smallest absolute Gasteiger partial charge is 0.227 e. The summed E-state index contributed by atoms with van der Waals surface area (Å²) in [5, 5.41) is 4.25. The fourth-order valence-corrected chi connectivity index (χ4v) is 6.39. The van der Waals surface area contributed by atoms with Gasteiger partial charge in [-0.1, -0.05) is 109 Å². The van der Waals surface area contributed by atoms with Crippen molar-refractivity contribution in [2.24, 2.45) is 0 Å². The Balaban J connectivity index is 1.38. The molecule has 45 heavy (non-hydrogen) atoms. The van der Waals surface area contributed by atoms with E-state index in [1.54, 1.807) is 0 Å². The summed E-state index contributed by atoms with van der Waals surface area (Å²) in [5.74, 6) is 0.593. The van der Waals surface area contributed by atoms with Gasteiger partial charge in [-0.05, 0) is 59.5 Å². The maximum absolute atomic E-state index is 6.61. The summed E-state index contributed by atoms with van der Waals surface area (Å²) in [6, 6.07) is 54.4. The molecule has 9 aromatic rings. The Morgan fingerprint density at radius 2 is 1.13 bits per heavy atom. The van der Waals surface area contributed by atoms with Crippen LogP contribution in [0.4, 0.5) is 17.1 Å². The lowest BCUT2D eigenvalue weighted by molar-refractivity contribution is 0.623. The number of benzene rings is 7. The van der Waals surface area contributed by atoms with Crippen molar-refractivity contribution < 1.29 is 8.83 Å². The first-order valence-electron chi connectivity index (χ1n) is 15.1. The Kier molecular flexibility index (Phi) is 5.78. The summed E-state index contributed by atoms with van der Waals surface area (Å²) in [6.07, 6.45) is 0. The predicted octanol–water partition coefficient (Wildman–Crippen LogP) is 11.7. The monoisotopic (exact) mass is 578 g/mol. The quantitative estimate of drug-likeness (QED) is 0.204. The van der Waals surface area contributed by atoms with E-state index in [4.69, 9.17) is 13.8 Å². The van der Waals surface area contributed by atoms with Crippen LogP contribution in [0.1, 0.15) is 0 Å². The third-order valence-corrected chi connectivity index (χ3v) is 8.48. The fourth-order valence-electron chi connectivity index (χ4n) is 6.39. The molecule has 0 aliphatic carbocycles. The first-order valence-corrected chi connectivity index (χ1v) is 15.1. The molecule has 0 saturated carbocycles. The van der Waals surface area contributed by atoms with Crippen LogP contribution in [0, 0.1) is 0 Å². The maximum Gasteiger partial charge on any atom is 0.227 e. The van der Waals surface area contributed by atoms with Crippen LogP contribution in [-0.2, 0) is 0 Å². The molecular weight excluding hydrogens is 552 g/mol. The van der Waals surface area contributed by atoms with Gasteiger partial charge in [0, 0.05) is 33.0 Å². The SMILES string of the molecule is c1ccc(-c2nc3c(N(c4ccc5oc6ccccc6c5c4)c4ccccc4-c4ccccc4)cc4ccccc4c3o2)cc1. The molecule has 0 aliphatic heterocycles. The normalized spacial score (nSPS) is 11.6. The van der Waals surface area contributed by atoms with E-state index in [1.807, 2.05) is 48.5 Å². The fraction of sp³-hybridized carbons (Fsp3) is 0. The van der Waals surface area contributed by atoms with Crippen LogP contribution < -0.4 is 4.90 Å². The minimum atomic E-state index is 0.593. The van der Waals surface area contributed by atoms with Crippen molar-refractivity contribution in [3.8, 4) is 22.6 Å². The van der Waals surface area contributed by atoms with Gasteiger partial charge in [0.05, 0.1) is 11.4 Å². The number of nitrogens with zero attached hydrogens (tertiary/aromatic N) is 2. The van der Waals surface area contributed by atoms with E-state index in [2.05, 4.69) is 114 Å². The van der Waals surface area contributed by atoms with Gasteiger partial charge in [0.2, 0.25) is 5.89 Å². The molecule has 2 aromatic heterocycles. The molecule has 0 fully saturated rings. The van der Waals surface area contributed by atoms with Crippen molar-refractivity contribution >= 4 is 60.9 Å². The number of oxazole rings is 1. The van der Waals surface area contributed by atoms with Crippen LogP contribution in [-0.4, -0.2) is 4.98 Å². The predicted molar refractivity (Wildman–Crippen MR) is 184 cm³/mol. The van der Waals surface area contributed by atoms with Gasteiger partial charge < -0.3 is 13.7 Å². The molecule has 4 nitrogen and oxygen atoms in total. The van der Waals surface area contributed by atoms with Crippen LogP contribution >= 0.6 is 0 Å². The minimum absolute atomic E-state index is 0.593. The number of rotatable bonds is 5. The summed E-state index contributed by atoms with van der Waals surface area (Å²) in [6.45, 7) is 0. The summed E-state index contributed by atoms with van der Waals surface area (Å²) in [7, 11) is 0. The molecule has 4 heteroatoms. The van der Waals surface area contributed by atoms with Crippen LogP contribution in [0.15, 0.2) is 167 Å². The second-order valence-corrected chi connectivity index (χ2v) is 11.2. The third kappa shape index (κ3) is 4.19. The van der Waals surface area contributed by atoms with Gasteiger partial charge >= 0.3 is 0 Å². The maximum atomic E-state index is 6.61. The van der Waals surface area contributed by atoms with Crippen LogP contribution in [0.3, 0.4) is 0 Å². The highest BCUT2D eigenvalue weighted by molar-refractivity contribution is 6.13. The zero-order valence-electron chi connectivity index (χ0n) is 24.2. The molecular formula is C41H26N2O2. The Hall–Kier alpha value is -6.13. The zero-order chi connectivity index (χ0) is 29.7. The molecule has 0 unspecified atom stereocenters. The lowest BCUT2D eigenvalue weighted by Crippen LogP contribution is -2.12. The highest BCUT2D eigenvalue weighted by Crippen LogP contribution is 2.47. The number of para-hydroxylation sites is 2. The van der Waals surface area contributed by atoms with Gasteiger partial charge in [-0.3, -0.25) is 0 Å². The summed E-state index contributed by atoms with van der Waals surface area (Å²) in [4.78, 5) is 7.50. The van der Waals surface area contributed by atoms with Crippen LogP contribution in [0.25, 0.3) is 66.4 Å². The van der Waals surface area contributed by atoms with E-state index >= 15 is 0 Å². The number of anilines is 3. The lowest BCUT2D eigenvalue weighted by atomic mass is 10.0. The summed E-state index contributed by atoms with van der Waals surface area (Å²) < 4.78 is 12.8. The van der Waals surface area contributed by atoms with Gasteiger partial charge in [0.25, 0.3) is 0 Å². The zero-order valence-corrected chi connectivity index (χ0v) is 24.2. The standard InChI is InChI=1S/C41H26N2O2/c1-3-13-27(14-4-1)31-18-9-11-21-35(31)43(30-23-24-38-34(26-30)33-20-10-12-22-37(33)44-38)36-25-29-17-7-8-19-32(29)40-39(36)42-41(45-40)28-15-5-2-6-16-28/h1-26H. The molecule has 0 saturated heterocycles. The third-order valence-electron chi connectivity index (χ3n) is 8.48. The number of fused-ring (bicyclic) bond motifs is 6. The van der Waals surface area contributed by atoms with Crippen molar-refractivity contribution in [3.05, 3.63) is 158 Å². The van der Waals surface area contributed by atoms with E-state index in [0.717, 1.165) is 77.6 Å². The van der Waals surface area contributed by atoms with E-state index in [1.165, 1.54) is 0 Å². The van der Waals surface area contributed by atoms with Crippen molar-refractivity contribution in [3.63, 3.8) is 0 Å².